The molecule has 2 fully saturated rings. The van der Waals surface area contributed by atoms with Crippen molar-refractivity contribution in [3.05, 3.63) is 12.7 Å². The summed E-state index contributed by atoms with van der Waals surface area (Å²) in [6, 6.07) is -0.128. The van der Waals surface area contributed by atoms with Crippen molar-refractivity contribution in [2.75, 3.05) is 13.2 Å². The molecule has 0 aromatic carbocycles. The van der Waals surface area contributed by atoms with Gasteiger partial charge in [0.1, 0.15) is 11.4 Å². The van der Waals surface area contributed by atoms with Crippen LogP contribution in [0.25, 0.3) is 0 Å². The van der Waals surface area contributed by atoms with Crippen LogP contribution in [0, 0.1) is 5.92 Å². The number of fused-ring (bicyclic) bond motifs is 2. The summed E-state index contributed by atoms with van der Waals surface area (Å²) in [5.74, 6) is 0.214. The minimum atomic E-state index is -0.512. The second-order valence-corrected chi connectivity index (χ2v) is 6.86. The molecule has 2 unspecified atom stereocenters. The third kappa shape index (κ3) is 3.84. The van der Waals surface area contributed by atoms with Gasteiger partial charge in [0.15, 0.2) is 0 Å². The van der Waals surface area contributed by atoms with Crippen LogP contribution in [0.5, 0.6) is 0 Å². The van der Waals surface area contributed by atoms with E-state index in [1.54, 1.807) is 11.0 Å². The number of Topliss-reactive ketones (excluding diaryl/α,β-unsaturated/α-hetero) is 1. The Bertz CT molecular complexity index is 412. The maximum absolute atomic E-state index is 12.4. The molecule has 0 aliphatic carbocycles. The van der Waals surface area contributed by atoms with Gasteiger partial charge in [-0.15, -0.1) is 6.58 Å². The second kappa shape index (κ2) is 6.18. The molecule has 5 heteroatoms. The van der Waals surface area contributed by atoms with Gasteiger partial charge in [-0.05, 0) is 33.6 Å². The molecule has 0 aromatic heterocycles. The molecular formula is C16H25NO4. The first-order chi connectivity index (χ1) is 9.81. The first-order valence-electron chi connectivity index (χ1n) is 7.54. The Morgan fingerprint density at radius 2 is 1.86 bits per heavy atom. The van der Waals surface area contributed by atoms with Crippen molar-refractivity contribution in [3.63, 3.8) is 0 Å². The number of morpholine rings is 1. The zero-order valence-electron chi connectivity index (χ0n) is 13.1. The summed E-state index contributed by atoms with van der Waals surface area (Å²) in [7, 11) is 0. The normalized spacial score (nSPS) is 28.9. The predicted octanol–water partition coefficient (Wildman–Crippen LogP) is 2.55. The smallest absolute Gasteiger partial charge is 0.410 e. The number of allylic oxidation sites excluding steroid dienone is 1. The van der Waals surface area contributed by atoms with Gasteiger partial charge in [0, 0.05) is 12.3 Å². The maximum Gasteiger partial charge on any atom is 0.410 e. The topological polar surface area (TPSA) is 55.8 Å². The van der Waals surface area contributed by atoms with Gasteiger partial charge >= 0.3 is 6.09 Å². The van der Waals surface area contributed by atoms with Gasteiger partial charge in [0.25, 0.3) is 0 Å². The van der Waals surface area contributed by atoms with Crippen LogP contribution in [0.15, 0.2) is 12.7 Å². The average Bonchev–Trinajstić information content (AvgIpc) is 2.35. The van der Waals surface area contributed by atoms with Crippen molar-refractivity contribution in [3.8, 4) is 0 Å². The van der Waals surface area contributed by atoms with E-state index in [9.17, 15) is 9.59 Å². The molecule has 118 valence electrons. The van der Waals surface area contributed by atoms with Crippen molar-refractivity contribution in [2.24, 2.45) is 5.92 Å². The van der Waals surface area contributed by atoms with Crippen molar-refractivity contribution in [1.29, 1.82) is 0 Å². The monoisotopic (exact) mass is 295 g/mol. The summed E-state index contributed by atoms with van der Waals surface area (Å²) < 4.78 is 11.0. The summed E-state index contributed by atoms with van der Waals surface area (Å²) >= 11 is 0. The van der Waals surface area contributed by atoms with E-state index in [-0.39, 0.29) is 29.9 Å². The number of carbonyl (C=O) groups excluding carboxylic acids is 2. The van der Waals surface area contributed by atoms with Crippen LogP contribution in [0.3, 0.4) is 0 Å². The van der Waals surface area contributed by atoms with Crippen LogP contribution in [-0.2, 0) is 14.3 Å². The van der Waals surface area contributed by atoms with Crippen molar-refractivity contribution >= 4 is 11.9 Å². The fourth-order valence-electron chi connectivity index (χ4n) is 3.10. The molecule has 0 aromatic rings. The van der Waals surface area contributed by atoms with Crippen LogP contribution < -0.4 is 0 Å². The highest BCUT2D eigenvalue weighted by Gasteiger charge is 2.44. The number of piperidine rings is 1. The molecule has 0 spiro atoms. The Hall–Kier alpha value is -1.36. The third-order valence-corrected chi connectivity index (χ3v) is 3.93. The van der Waals surface area contributed by atoms with Crippen LogP contribution in [-0.4, -0.2) is 47.7 Å². The number of amides is 1. The molecule has 5 nitrogen and oxygen atoms in total. The van der Waals surface area contributed by atoms with E-state index in [0.29, 0.717) is 32.5 Å². The number of hydrogen-bond donors (Lipinski definition) is 0. The summed E-state index contributed by atoms with van der Waals surface area (Å²) in [5, 5.41) is 0. The Morgan fingerprint density at radius 1 is 1.29 bits per heavy atom. The fourth-order valence-corrected chi connectivity index (χ4v) is 3.10. The van der Waals surface area contributed by atoms with Gasteiger partial charge in [-0.1, -0.05) is 6.08 Å². The summed E-state index contributed by atoms with van der Waals surface area (Å²) in [6.07, 6.45) is 3.06. The van der Waals surface area contributed by atoms with E-state index in [4.69, 9.17) is 9.47 Å². The highest BCUT2D eigenvalue weighted by molar-refractivity contribution is 5.83. The molecule has 2 aliphatic heterocycles. The molecule has 2 atom stereocenters. The van der Waals surface area contributed by atoms with Gasteiger partial charge in [-0.2, -0.15) is 0 Å². The van der Waals surface area contributed by atoms with Gasteiger partial charge in [0.2, 0.25) is 0 Å². The minimum absolute atomic E-state index is 0.000543. The van der Waals surface area contributed by atoms with Crippen LogP contribution in [0.4, 0.5) is 4.79 Å². The van der Waals surface area contributed by atoms with Crippen LogP contribution >= 0.6 is 0 Å². The summed E-state index contributed by atoms with van der Waals surface area (Å²) in [4.78, 5) is 26.2. The molecule has 1 amide bonds. The zero-order valence-corrected chi connectivity index (χ0v) is 13.1. The summed E-state index contributed by atoms with van der Waals surface area (Å²) in [5.41, 5.74) is -0.512. The number of rotatable bonds is 3. The molecule has 2 saturated heterocycles. The number of hydrogen-bond acceptors (Lipinski definition) is 4. The molecule has 0 saturated carbocycles. The molecular weight excluding hydrogens is 270 g/mol. The quantitative estimate of drug-likeness (QED) is 0.751. The lowest BCUT2D eigenvalue weighted by atomic mass is 9.82. The van der Waals surface area contributed by atoms with Crippen molar-refractivity contribution < 1.29 is 19.1 Å². The first kappa shape index (κ1) is 16.0. The Balaban J connectivity index is 2.07. The molecule has 2 heterocycles. The van der Waals surface area contributed by atoms with E-state index < -0.39 is 5.60 Å². The van der Waals surface area contributed by atoms with E-state index in [1.165, 1.54) is 0 Å². The lowest BCUT2D eigenvalue weighted by molar-refractivity contribution is -0.131. The molecule has 2 bridgehead atoms. The van der Waals surface area contributed by atoms with E-state index in [1.807, 2.05) is 20.8 Å². The largest absolute Gasteiger partial charge is 0.444 e. The third-order valence-electron chi connectivity index (χ3n) is 3.93. The van der Waals surface area contributed by atoms with Gasteiger partial charge in [-0.3, -0.25) is 9.69 Å². The average molecular weight is 295 g/mol. The SMILES string of the molecule is C=CCC(=O)C1CC2COCC(C1)N2C(=O)OC(C)(C)C. The van der Waals surface area contributed by atoms with Gasteiger partial charge < -0.3 is 9.47 Å². The van der Waals surface area contributed by atoms with Crippen LogP contribution in [0.2, 0.25) is 0 Å². The lowest BCUT2D eigenvalue weighted by Gasteiger charge is -2.47. The molecule has 0 radical (unpaired) electrons. The van der Waals surface area contributed by atoms with Crippen molar-refractivity contribution in [2.45, 2.75) is 57.7 Å². The highest BCUT2D eigenvalue weighted by Crippen LogP contribution is 2.33. The van der Waals surface area contributed by atoms with Crippen LogP contribution in [0.1, 0.15) is 40.0 Å². The first-order valence-corrected chi connectivity index (χ1v) is 7.54. The van der Waals surface area contributed by atoms with E-state index >= 15 is 0 Å². The molecule has 2 aliphatic rings. The Morgan fingerprint density at radius 3 is 2.33 bits per heavy atom. The standard InChI is InChI=1S/C16H25NO4/c1-5-6-14(18)11-7-12-9-20-10-13(8-11)17(12)15(19)21-16(2,3)4/h5,11-13H,1,6-10H2,2-4H3. The minimum Gasteiger partial charge on any atom is -0.444 e. The number of ether oxygens (including phenoxy) is 2. The molecule has 0 N–H and O–H groups in total. The number of nitrogens with zero attached hydrogens (tertiary/aromatic N) is 1. The summed E-state index contributed by atoms with van der Waals surface area (Å²) in [6.45, 7) is 10.2. The highest BCUT2D eigenvalue weighted by atomic mass is 16.6. The predicted molar refractivity (Wildman–Crippen MR) is 79.0 cm³/mol. The second-order valence-electron chi connectivity index (χ2n) is 6.86. The lowest BCUT2D eigenvalue weighted by Crippen LogP contribution is -2.60. The van der Waals surface area contributed by atoms with Gasteiger partial charge in [0.05, 0.1) is 25.3 Å². The molecule has 2 rings (SSSR count). The zero-order chi connectivity index (χ0) is 15.6. The number of ketones is 1. The molecule has 21 heavy (non-hydrogen) atoms. The van der Waals surface area contributed by atoms with E-state index in [2.05, 4.69) is 6.58 Å². The Kier molecular flexibility index (Phi) is 4.71. The fraction of sp³-hybridized carbons (Fsp3) is 0.750. The van der Waals surface area contributed by atoms with Gasteiger partial charge in [-0.25, -0.2) is 4.79 Å². The maximum atomic E-state index is 12.4. The van der Waals surface area contributed by atoms with Crippen molar-refractivity contribution in [1.82, 2.24) is 4.90 Å². The number of carbonyl (C=O) groups is 2. The Labute approximate surface area is 126 Å². The van der Waals surface area contributed by atoms with E-state index in [0.717, 1.165) is 0 Å².